The highest BCUT2D eigenvalue weighted by molar-refractivity contribution is 7.16. The average molecular weight is 330 g/mol. The van der Waals surface area contributed by atoms with Crippen LogP contribution in [-0.2, 0) is 13.6 Å². The molecular formula is C16H18N4O2S. The van der Waals surface area contributed by atoms with Crippen LogP contribution in [0, 0.1) is 6.92 Å². The molecule has 0 saturated heterocycles. The summed E-state index contributed by atoms with van der Waals surface area (Å²) in [5.41, 5.74) is 2.34. The lowest BCUT2D eigenvalue weighted by Gasteiger charge is -1.99. The van der Waals surface area contributed by atoms with Gasteiger partial charge in [-0.2, -0.15) is 10.1 Å². The summed E-state index contributed by atoms with van der Waals surface area (Å²) in [5, 5.41) is 4.28. The van der Waals surface area contributed by atoms with Crippen LogP contribution in [0.4, 0.5) is 0 Å². The minimum Gasteiger partial charge on any atom is -0.497 e. The number of benzene rings is 1. The van der Waals surface area contributed by atoms with Crippen LogP contribution in [0.2, 0.25) is 0 Å². The Morgan fingerprint density at radius 1 is 1.39 bits per heavy atom. The Morgan fingerprint density at radius 3 is 2.83 bits per heavy atom. The van der Waals surface area contributed by atoms with E-state index in [0.29, 0.717) is 10.5 Å². The van der Waals surface area contributed by atoms with Gasteiger partial charge in [0.15, 0.2) is 10.5 Å². The molecule has 0 atom stereocenters. The number of fused-ring (bicyclic) bond motifs is 1. The molecule has 2 aromatic heterocycles. The van der Waals surface area contributed by atoms with E-state index in [1.165, 1.54) is 11.3 Å². The van der Waals surface area contributed by atoms with E-state index in [2.05, 4.69) is 10.1 Å². The Hall–Kier alpha value is -2.41. The first-order valence-corrected chi connectivity index (χ1v) is 8.12. The number of amides is 1. The maximum absolute atomic E-state index is 12.4. The summed E-state index contributed by atoms with van der Waals surface area (Å²) in [6.07, 6.45) is 0. The molecule has 0 spiro atoms. The van der Waals surface area contributed by atoms with Crippen molar-refractivity contribution in [2.24, 2.45) is 12.0 Å². The van der Waals surface area contributed by atoms with E-state index < -0.39 is 0 Å². The van der Waals surface area contributed by atoms with Gasteiger partial charge in [0.2, 0.25) is 0 Å². The second-order valence-electron chi connectivity index (χ2n) is 5.18. The predicted molar refractivity (Wildman–Crippen MR) is 89.9 cm³/mol. The fraction of sp³-hybridized carbons (Fsp3) is 0.312. The molecule has 3 rings (SSSR count). The molecule has 0 unspecified atom stereocenters. The Kier molecular flexibility index (Phi) is 4.04. The summed E-state index contributed by atoms with van der Waals surface area (Å²) < 4.78 is 9.95. The molecule has 0 fully saturated rings. The van der Waals surface area contributed by atoms with Crippen molar-refractivity contribution in [3.63, 3.8) is 0 Å². The maximum atomic E-state index is 12.4. The van der Waals surface area contributed by atoms with Crippen molar-refractivity contribution in [2.75, 3.05) is 7.11 Å². The first-order valence-electron chi connectivity index (χ1n) is 7.30. The first kappa shape index (κ1) is 15.5. The van der Waals surface area contributed by atoms with Gasteiger partial charge in [-0.1, -0.05) is 11.3 Å². The number of thiazole rings is 1. The van der Waals surface area contributed by atoms with Gasteiger partial charge < -0.3 is 9.30 Å². The summed E-state index contributed by atoms with van der Waals surface area (Å²) in [5.74, 6) is 0.462. The summed E-state index contributed by atoms with van der Waals surface area (Å²) in [6, 6.07) is 7.57. The molecule has 3 aromatic rings. The lowest BCUT2D eigenvalue weighted by Crippen LogP contribution is -2.13. The maximum Gasteiger partial charge on any atom is 0.300 e. The number of nitrogens with zero attached hydrogens (tertiary/aromatic N) is 4. The lowest BCUT2D eigenvalue weighted by atomic mass is 10.3. The lowest BCUT2D eigenvalue weighted by molar-refractivity contribution is 0.0992. The quantitative estimate of drug-likeness (QED) is 0.741. The van der Waals surface area contributed by atoms with Crippen LogP contribution >= 0.6 is 11.3 Å². The Bertz CT molecular complexity index is 949. The molecular weight excluding hydrogens is 312 g/mol. The van der Waals surface area contributed by atoms with Crippen molar-refractivity contribution in [3.05, 3.63) is 40.5 Å². The topological polar surface area (TPSA) is 61.4 Å². The van der Waals surface area contributed by atoms with E-state index in [-0.39, 0.29) is 5.91 Å². The van der Waals surface area contributed by atoms with Gasteiger partial charge >= 0.3 is 0 Å². The monoisotopic (exact) mass is 330 g/mol. The van der Waals surface area contributed by atoms with Crippen molar-refractivity contribution >= 4 is 27.5 Å². The minimum absolute atomic E-state index is 0.325. The molecule has 23 heavy (non-hydrogen) atoms. The fourth-order valence-electron chi connectivity index (χ4n) is 2.43. The van der Waals surface area contributed by atoms with E-state index in [9.17, 15) is 4.79 Å². The van der Waals surface area contributed by atoms with Crippen LogP contribution in [0.15, 0.2) is 29.3 Å². The third kappa shape index (κ3) is 2.79. The summed E-state index contributed by atoms with van der Waals surface area (Å²) >= 11 is 1.45. The highest BCUT2D eigenvalue weighted by atomic mass is 32.1. The molecule has 1 amide bonds. The van der Waals surface area contributed by atoms with E-state index in [0.717, 1.165) is 28.2 Å². The van der Waals surface area contributed by atoms with Crippen LogP contribution in [0.3, 0.4) is 0 Å². The Labute approximate surface area is 137 Å². The number of hydrogen-bond acceptors (Lipinski definition) is 4. The van der Waals surface area contributed by atoms with E-state index in [1.54, 1.807) is 17.9 Å². The SMILES string of the molecule is CCn1nc(C(=O)N=c2sc3cc(OC)ccc3n2C)cc1C. The molecule has 0 aliphatic rings. The average Bonchev–Trinajstić information content (AvgIpc) is 3.07. The second kappa shape index (κ2) is 6.00. The number of methoxy groups -OCH3 is 1. The summed E-state index contributed by atoms with van der Waals surface area (Å²) in [6.45, 7) is 4.65. The number of aryl methyl sites for hydroxylation is 3. The van der Waals surface area contributed by atoms with Crippen molar-refractivity contribution in [1.82, 2.24) is 14.3 Å². The van der Waals surface area contributed by atoms with Gasteiger partial charge in [-0.15, -0.1) is 0 Å². The number of carbonyl (C=O) groups is 1. The molecule has 2 heterocycles. The molecule has 0 radical (unpaired) electrons. The molecule has 0 aliphatic carbocycles. The number of rotatable bonds is 3. The molecule has 120 valence electrons. The molecule has 1 aromatic carbocycles. The number of hydrogen-bond donors (Lipinski definition) is 0. The van der Waals surface area contributed by atoms with Crippen molar-refractivity contribution in [3.8, 4) is 5.75 Å². The fourth-order valence-corrected chi connectivity index (χ4v) is 3.47. The van der Waals surface area contributed by atoms with Gasteiger partial charge in [-0.25, -0.2) is 0 Å². The van der Waals surface area contributed by atoms with Crippen LogP contribution in [0.25, 0.3) is 10.2 Å². The zero-order valence-electron chi connectivity index (χ0n) is 13.5. The Morgan fingerprint density at radius 2 is 2.17 bits per heavy atom. The zero-order chi connectivity index (χ0) is 16.6. The van der Waals surface area contributed by atoms with Crippen molar-refractivity contribution < 1.29 is 9.53 Å². The molecule has 7 heteroatoms. The highest BCUT2D eigenvalue weighted by Crippen LogP contribution is 2.22. The van der Waals surface area contributed by atoms with Gasteiger partial charge in [0, 0.05) is 19.3 Å². The number of ether oxygens (including phenoxy) is 1. The standard InChI is InChI=1S/C16H18N4O2S/c1-5-20-10(2)8-12(18-20)15(21)17-16-19(3)13-7-6-11(22-4)9-14(13)23-16/h6-9H,5H2,1-4H3. The minimum atomic E-state index is -0.325. The van der Waals surface area contributed by atoms with E-state index in [4.69, 9.17) is 4.74 Å². The molecule has 0 saturated carbocycles. The van der Waals surface area contributed by atoms with Crippen LogP contribution < -0.4 is 9.54 Å². The number of carbonyl (C=O) groups excluding carboxylic acids is 1. The first-order chi connectivity index (χ1) is 11.0. The molecule has 0 aliphatic heterocycles. The molecule has 0 N–H and O–H groups in total. The highest BCUT2D eigenvalue weighted by Gasteiger charge is 2.12. The largest absolute Gasteiger partial charge is 0.497 e. The smallest absolute Gasteiger partial charge is 0.300 e. The third-order valence-electron chi connectivity index (χ3n) is 3.71. The normalized spacial score (nSPS) is 12.1. The molecule has 0 bridgehead atoms. The Balaban J connectivity index is 2.05. The zero-order valence-corrected chi connectivity index (χ0v) is 14.3. The van der Waals surface area contributed by atoms with Gasteiger partial charge in [0.25, 0.3) is 5.91 Å². The van der Waals surface area contributed by atoms with Crippen LogP contribution in [0.5, 0.6) is 5.75 Å². The second-order valence-corrected chi connectivity index (χ2v) is 6.19. The van der Waals surface area contributed by atoms with Gasteiger partial charge in [-0.3, -0.25) is 9.48 Å². The van der Waals surface area contributed by atoms with Crippen molar-refractivity contribution in [2.45, 2.75) is 20.4 Å². The van der Waals surface area contributed by atoms with Gasteiger partial charge in [0.05, 0.1) is 17.3 Å². The van der Waals surface area contributed by atoms with Gasteiger partial charge in [0.1, 0.15) is 5.75 Å². The van der Waals surface area contributed by atoms with Crippen LogP contribution in [0.1, 0.15) is 23.1 Å². The van der Waals surface area contributed by atoms with Crippen molar-refractivity contribution in [1.29, 1.82) is 0 Å². The van der Waals surface area contributed by atoms with E-state index in [1.807, 2.05) is 43.7 Å². The van der Waals surface area contributed by atoms with Gasteiger partial charge in [-0.05, 0) is 38.1 Å². The number of aromatic nitrogens is 3. The summed E-state index contributed by atoms with van der Waals surface area (Å²) in [7, 11) is 3.53. The third-order valence-corrected chi connectivity index (χ3v) is 4.81. The van der Waals surface area contributed by atoms with E-state index >= 15 is 0 Å². The predicted octanol–water partition coefficient (Wildman–Crippen LogP) is 2.51. The molecule has 6 nitrogen and oxygen atoms in total. The van der Waals surface area contributed by atoms with Crippen LogP contribution in [-0.4, -0.2) is 27.4 Å². The summed E-state index contributed by atoms with van der Waals surface area (Å²) in [4.78, 5) is 17.3.